The molecular weight excluding hydrogens is 436 g/mol. The van der Waals surface area contributed by atoms with Crippen LogP contribution in [0.4, 0.5) is 0 Å². The van der Waals surface area contributed by atoms with E-state index in [1.54, 1.807) is 0 Å². The number of hydrogen-bond donors (Lipinski definition) is 6. The first-order valence-corrected chi connectivity index (χ1v) is 13.5. The molecule has 4 aliphatic carbocycles. The third kappa shape index (κ3) is 4.18. The van der Waals surface area contributed by atoms with Crippen LogP contribution in [0.15, 0.2) is 0 Å². The van der Waals surface area contributed by atoms with E-state index in [2.05, 4.69) is 20.8 Å². The molecule has 0 spiro atoms. The van der Waals surface area contributed by atoms with Crippen LogP contribution in [0.2, 0.25) is 0 Å². The van der Waals surface area contributed by atoms with Crippen LogP contribution in [0.1, 0.15) is 78.6 Å². The van der Waals surface area contributed by atoms with Crippen molar-refractivity contribution in [3.05, 3.63) is 0 Å². The van der Waals surface area contributed by atoms with E-state index in [1.165, 1.54) is 0 Å². The zero-order chi connectivity index (χ0) is 25.0. The van der Waals surface area contributed by atoms with Gasteiger partial charge in [-0.3, -0.25) is 4.79 Å². The summed E-state index contributed by atoms with van der Waals surface area (Å²) in [6.07, 6.45) is 2.34. The molecule has 0 bridgehead atoms. The van der Waals surface area contributed by atoms with E-state index in [4.69, 9.17) is 5.11 Å². The molecule has 0 aliphatic heterocycles. The van der Waals surface area contributed by atoms with Crippen molar-refractivity contribution < 1.29 is 35.4 Å². The number of aliphatic hydroxyl groups excluding tert-OH is 6. The van der Waals surface area contributed by atoms with Gasteiger partial charge < -0.3 is 30.6 Å². The molecule has 34 heavy (non-hydrogen) atoms. The van der Waals surface area contributed by atoms with Crippen molar-refractivity contribution in [1.29, 1.82) is 0 Å². The first kappa shape index (κ1) is 26.5. The van der Waals surface area contributed by atoms with E-state index in [1.807, 2.05) is 0 Å². The van der Waals surface area contributed by atoms with Crippen molar-refractivity contribution >= 4 is 5.78 Å². The second-order valence-corrected chi connectivity index (χ2v) is 12.7. The molecule has 4 aliphatic rings. The highest BCUT2D eigenvalue weighted by atomic mass is 16.4. The van der Waals surface area contributed by atoms with Gasteiger partial charge in [0.25, 0.3) is 0 Å². The third-order valence-electron chi connectivity index (χ3n) is 11.2. The maximum Gasteiger partial charge on any atom is 0.164 e. The van der Waals surface area contributed by atoms with E-state index in [9.17, 15) is 30.3 Å². The van der Waals surface area contributed by atoms with Gasteiger partial charge in [0, 0.05) is 6.42 Å². The highest BCUT2D eigenvalue weighted by Gasteiger charge is 2.65. The Morgan fingerprint density at radius 2 is 1.71 bits per heavy atom. The standard InChI is InChI=1S/C27H46O7/c1-14(4-7-20(30)25(34)22(32)13-28)17-5-6-18-24-19(12-23(33)27(17,18)3)26(2)9-8-16(29)10-15(26)11-21(24)31/h14-19,21-25,28-29,31-34H,4-13H2,1-3H3. The van der Waals surface area contributed by atoms with Crippen LogP contribution in [0, 0.1) is 46.3 Å². The normalized spacial score (nSPS) is 48.9. The van der Waals surface area contributed by atoms with Crippen LogP contribution in [-0.2, 0) is 4.79 Å². The summed E-state index contributed by atoms with van der Waals surface area (Å²) in [6.45, 7) is 5.97. The minimum absolute atomic E-state index is 0.0469. The number of carbonyl (C=O) groups excluding carboxylic acids is 1. The van der Waals surface area contributed by atoms with Gasteiger partial charge in [-0.15, -0.1) is 0 Å². The molecule has 0 saturated heterocycles. The largest absolute Gasteiger partial charge is 0.394 e. The first-order valence-electron chi connectivity index (χ1n) is 13.5. The summed E-state index contributed by atoms with van der Waals surface area (Å²) in [7, 11) is 0. The molecule has 4 rings (SSSR count). The summed E-state index contributed by atoms with van der Waals surface area (Å²) >= 11 is 0. The molecule has 0 aromatic rings. The highest BCUT2D eigenvalue weighted by Crippen LogP contribution is 2.68. The van der Waals surface area contributed by atoms with Gasteiger partial charge in [-0.05, 0) is 97.7 Å². The molecule has 0 radical (unpaired) electrons. The maximum atomic E-state index is 12.3. The topological polar surface area (TPSA) is 138 Å². The molecule has 6 N–H and O–H groups in total. The Bertz CT molecular complexity index is 744. The van der Waals surface area contributed by atoms with E-state index >= 15 is 0 Å². The lowest BCUT2D eigenvalue weighted by Crippen LogP contribution is -2.62. The average molecular weight is 483 g/mol. The van der Waals surface area contributed by atoms with Crippen molar-refractivity contribution in [1.82, 2.24) is 0 Å². The van der Waals surface area contributed by atoms with Crippen molar-refractivity contribution in [3.8, 4) is 0 Å². The van der Waals surface area contributed by atoms with Gasteiger partial charge in [0.15, 0.2) is 5.78 Å². The summed E-state index contributed by atoms with van der Waals surface area (Å²) in [5.41, 5.74) is -0.281. The highest BCUT2D eigenvalue weighted by molar-refractivity contribution is 5.83. The van der Waals surface area contributed by atoms with Gasteiger partial charge in [0.1, 0.15) is 12.2 Å². The summed E-state index contributed by atoms with van der Waals surface area (Å²) in [4.78, 5) is 12.3. The van der Waals surface area contributed by atoms with E-state index in [0.29, 0.717) is 18.8 Å². The van der Waals surface area contributed by atoms with Gasteiger partial charge >= 0.3 is 0 Å². The summed E-state index contributed by atoms with van der Waals surface area (Å²) < 4.78 is 0. The number of Topliss-reactive ketones (excluding diaryl/α,β-unsaturated/α-hetero) is 1. The SMILES string of the molecule is CC(CCC(=O)C(O)C(O)CO)C1CCC2C3C(O)CC4CC(O)CCC4(C)C3CC(O)C12C. The lowest BCUT2D eigenvalue weighted by Gasteiger charge is -2.63. The van der Waals surface area contributed by atoms with Crippen molar-refractivity contribution in [2.45, 2.75) is 109 Å². The van der Waals surface area contributed by atoms with E-state index in [0.717, 1.165) is 38.5 Å². The molecule has 0 aromatic heterocycles. The van der Waals surface area contributed by atoms with Crippen LogP contribution >= 0.6 is 0 Å². The van der Waals surface area contributed by atoms with Gasteiger partial charge in [0.2, 0.25) is 0 Å². The van der Waals surface area contributed by atoms with Crippen molar-refractivity contribution in [3.63, 3.8) is 0 Å². The Balaban J connectivity index is 1.50. The maximum absolute atomic E-state index is 12.3. The van der Waals surface area contributed by atoms with Crippen LogP contribution in [-0.4, -0.2) is 73.5 Å². The van der Waals surface area contributed by atoms with Gasteiger partial charge in [-0.2, -0.15) is 0 Å². The number of ketones is 1. The quantitative estimate of drug-likeness (QED) is 0.324. The lowest BCUT2D eigenvalue weighted by atomic mass is 9.43. The Morgan fingerprint density at radius 3 is 2.38 bits per heavy atom. The second-order valence-electron chi connectivity index (χ2n) is 12.7. The summed E-state index contributed by atoms with van der Waals surface area (Å²) in [5.74, 6) is 0.846. The minimum atomic E-state index is -1.56. The third-order valence-corrected chi connectivity index (χ3v) is 11.2. The van der Waals surface area contributed by atoms with Crippen LogP contribution in [0.25, 0.3) is 0 Å². The first-order chi connectivity index (χ1) is 15.9. The molecule has 13 atom stereocenters. The summed E-state index contributed by atoms with van der Waals surface area (Å²) in [5, 5.41) is 61.7. The van der Waals surface area contributed by atoms with E-state index < -0.39 is 36.8 Å². The van der Waals surface area contributed by atoms with Crippen LogP contribution in [0.3, 0.4) is 0 Å². The van der Waals surface area contributed by atoms with Gasteiger partial charge in [0.05, 0.1) is 24.9 Å². The minimum Gasteiger partial charge on any atom is -0.394 e. The molecule has 7 nitrogen and oxygen atoms in total. The van der Waals surface area contributed by atoms with Gasteiger partial charge in [-0.1, -0.05) is 20.8 Å². The monoisotopic (exact) mass is 482 g/mol. The fraction of sp³-hybridized carbons (Fsp3) is 0.963. The zero-order valence-electron chi connectivity index (χ0n) is 21.0. The van der Waals surface area contributed by atoms with Gasteiger partial charge in [-0.25, -0.2) is 0 Å². The predicted molar refractivity (Wildman–Crippen MR) is 127 cm³/mol. The van der Waals surface area contributed by atoms with E-state index in [-0.39, 0.29) is 52.9 Å². The predicted octanol–water partition coefficient (Wildman–Crippen LogP) is 1.65. The zero-order valence-corrected chi connectivity index (χ0v) is 21.0. The average Bonchev–Trinajstić information content (AvgIpc) is 3.16. The molecule has 7 heteroatoms. The number of carbonyl (C=O) groups is 1. The fourth-order valence-corrected chi connectivity index (χ4v) is 9.17. The van der Waals surface area contributed by atoms with Crippen LogP contribution < -0.4 is 0 Å². The molecule has 4 saturated carbocycles. The molecule has 13 unspecified atom stereocenters. The molecular formula is C27H46O7. The smallest absolute Gasteiger partial charge is 0.164 e. The number of fused-ring (bicyclic) bond motifs is 5. The number of hydrogen-bond acceptors (Lipinski definition) is 7. The molecule has 0 heterocycles. The Hall–Kier alpha value is -0.570. The molecule has 196 valence electrons. The molecule has 0 amide bonds. The lowest BCUT2D eigenvalue weighted by molar-refractivity contribution is -0.207. The Kier molecular flexibility index (Phi) is 7.57. The second kappa shape index (κ2) is 9.71. The molecule has 4 fully saturated rings. The fourth-order valence-electron chi connectivity index (χ4n) is 9.17. The van der Waals surface area contributed by atoms with Crippen LogP contribution in [0.5, 0.6) is 0 Å². The number of rotatable bonds is 7. The van der Waals surface area contributed by atoms with Crippen molar-refractivity contribution in [2.24, 2.45) is 46.3 Å². The molecule has 0 aromatic carbocycles. The Morgan fingerprint density at radius 1 is 1.00 bits per heavy atom. The Labute approximate surface area is 203 Å². The summed E-state index contributed by atoms with van der Waals surface area (Å²) in [6, 6.07) is 0. The number of aliphatic hydroxyl groups is 6. The van der Waals surface area contributed by atoms with Crippen molar-refractivity contribution in [2.75, 3.05) is 6.61 Å².